The number of hydrogen-bond acceptors (Lipinski definition) is 7. The van der Waals surface area contributed by atoms with Crippen LogP contribution in [-0.2, 0) is 0 Å². The van der Waals surface area contributed by atoms with E-state index in [2.05, 4.69) is 69.5 Å². The Morgan fingerprint density at radius 3 is 1.69 bits per heavy atom. The van der Waals surface area contributed by atoms with E-state index in [1.807, 2.05) is 121 Å². The lowest BCUT2D eigenvalue weighted by atomic mass is 10.2. The zero-order chi connectivity index (χ0) is 38.8. The Hall–Kier alpha value is -8.11. The summed E-state index contributed by atoms with van der Waals surface area (Å²) in [7, 11) is 0. The van der Waals surface area contributed by atoms with Gasteiger partial charge in [-0.1, -0.05) is 9.03 Å². The molecule has 0 bridgehead atoms. The molecule has 9 heterocycles. The van der Waals surface area contributed by atoms with Crippen LogP contribution < -0.4 is 28.8 Å². The molecular weight excluding hydrogens is 751 g/mol. The average molecular weight is 785 g/mol. The first kappa shape index (κ1) is 34.4. The van der Waals surface area contributed by atoms with E-state index in [4.69, 9.17) is 15.2 Å². The van der Waals surface area contributed by atoms with E-state index >= 15 is 0 Å². The third-order valence-electron chi connectivity index (χ3n) is 9.26. The highest BCUT2D eigenvalue weighted by Gasteiger charge is 2.16. The standard InChI is InChI=1S/C14H11N5O.C14H10N4O.C14H10N4S/c15-12-8-14(19-13(18-12)4-6-17-19)20-10-1-2-11-9(7-10)3-5-16-11;2*1-2-12-10(3-6-15-12)9-11(1)19-14-5-7-16-13-4-8-17-18(13)14/h1-8,16H,(H2,15,17,18);2*1-9,15H/p+3. The predicted octanol–water partition coefficient (Wildman–Crippen LogP) is 7.21. The average Bonchev–Trinajstić information content (AvgIpc) is 4.09. The molecule has 8 N–H and O–H groups in total. The van der Waals surface area contributed by atoms with Crippen LogP contribution in [0.3, 0.4) is 0 Å². The summed E-state index contributed by atoms with van der Waals surface area (Å²) in [6.07, 6.45) is 14.8. The van der Waals surface area contributed by atoms with Crippen LogP contribution in [0.5, 0.6) is 23.3 Å². The van der Waals surface area contributed by atoms with Gasteiger partial charge in [0.15, 0.2) is 5.03 Å². The molecule has 3 aromatic carbocycles. The quantitative estimate of drug-likeness (QED) is 0.0685. The van der Waals surface area contributed by atoms with Crippen molar-refractivity contribution in [2.24, 2.45) is 0 Å². The molecule has 9 aromatic heterocycles. The Kier molecular flexibility index (Phi) is 8.80. The zero-order valence-electron chi connectivity index (χ0n) is 30.5. The molecule has 0 aliphatic heterocycles. The minimum Gasteiger partial charge on any atom is -0.421 e. The molecule has 15 nitrogen and oxygen atoms in total. The van der Waals surface area contributed by atoms with Gasteiger partial charge in [-0.2, -0.15) is 0 Å². The molecule has 12 aromatic rings. The minimum absolute atomic E-state index is 0.419. The number of rotatable bonds is 6. The summed E-state index contributed by atoms with van der Waals surface area (Å²) >= 11 is 1.72. The molecule has 0 amide bonds. The smallest absolute Gasteiger partial charge is 0.353 e. The first-order valence-corrected chi connectivity index (χ1v) is 19.0. The second kappa shape index (κ2) is 14.9. The summed E-state index contributed by atoms with van der Waals surface area (Å²) < 4.78 is 17.3. The summed E-state index contributed by atoms with van der Waals surface area (Å²) in [4.78, 5) is 23.5. The van der Waals surface area contributed by atoms with Gasteiger partial charge in [0.2, 0.25) is 5.82 Å². The van der Waals surface area contributed by atoms with Crippen molar-refractivity contribution in [3.63, 3.8) is 0 Å². The van der Waals surface area contributed by atoms with E-state index in [0.717, 1.165) is 55.1 Å². The Balaban J connectivity index is 0.000000106. The van der Waals surface area contributed by atoms with E-state index in [1.54, 1.807) is 39.3 Å². The van der Waals surface area contributed by atoms with E-state index < -0.39 is 0 Å². The number of nitrogen functional groups attached to an aromatic ring is 1. The van der Waals surface area contributed by atoms with Crippen molar-refractivity contribution in [1.82, 2.24) is 45.2 Å². The molecule has 12 rings (SSSR count). The first-order valence-electron chi connectivity index (χ1n) is 18.2. The summed E-state index contributed by atoms with van der Waals surface area (Å²) in [5.41, 5.74) is 11.6. The molecule has 0 atom stereocenters. The van der Waals surface area contributed by atoms with Gasteiger partial charge >= 0.3 is 28.7 Å². The number of hydrogen-bond donors (Lipinski definition) is 7. The molecule has 58 heavy (non-hydrogen) atoms. The van der Waals surface area contributed by atoms with Gasteiger partial charge in [-0.15, -0.1) is 4.52 Å². The fraction of sp³-hybridized carbons (Fsp3) is 0. The van der Waals surface area contributed by atoms with Crippen LogP contribution in [0, 0.1) is 0 Å². The number of nitrogens with one attached hydrogen (secondary N) is 6. The van der Waals surface area contributed by atoms with Gasteiger partial charge in [-0.25, -0.2) is 15.3 Å². The summed E-state index contributed by atoms with van der Waals surface area (Å²) in [6.45, 7) is 0. The maximum atomic E-state index is 5.91. The molecule has 0 fully saturated rings. The Labute approximate surface area is 332 Å². The first-order chi connectivity index (χ1) is 28.6. The van der Waals surface area contributed by atoms with Crippen LogP contribution >= 0.6 is 11.8 Å². The molecule has 0 saturated carbocycles. The Morgan fingerprint density at radius 2 is 1.02 bits per heavy atom. The van der Waals surface area contributed by atoms with E-state index in [1.165, 1.54) is 10.3 Å². The highest BCUT2D eigenvalue weighted by atomic mass is 32.2. The van der Waals surface area contributed by atoms with Crippen molar-refractivity contribution in [3.05, 3.63) is 159 Å². The SMILES string of the molecule is Nc1cc(Oc2ccc3[nH]ccc3c2)[n+]2[nH]ccc2n1.c1cc(Oc2ccc3[nH]ccc3c2)[n+]2[nH]ccc2n1.c1cc(Sc2ccc3[nH]ccc3c2)[n+]2[nH]ccc2n1. The number of aromatic amines is 6. The van der Waals surface area contributed by atoms with Crippen molar-refractivity contribution in [2.45, 2.75) is 9.92 Å². The number of nitrogens with two attached hydrogens (primary N) is 1. The molecule has 0 saturated heterocycles. The summed E-state index contributed by atoms with van der Waals surface area (Å²) in [5, 5.41) is 13.8. The molecule has 0 aliphatic rings. The van der Waals surface area contributed by atoms with Gasteiger partial charge in [-0.3, -0.25) is 0 Å². The number of fused-ring (bicyclic) bond motifs is 6. The summed E-state index contributed by atoms with van der Waals surface area (Å²) in [6, 6.07) is 35.5. The van der Waals surface area contributed by atoms with Gasteiger partial charge in [0.1, 0.15) is 23.9 Å². The van der Waals surface area contributed by atoms with Gasteiger partial charge in [-0.05, 0) is 99.5 Å². The minimum atomic E-state index is 0.419. The number of ether oxygens (including phenoxy) is 2. The molecule has 0 radical (unpaired) electrons. The number of benzene rings is 3. The fourth-order valence-corrected chi connectivity index (χ4v) is 7.47. The number of anilines is 1. The predicted molar refractivity (Wildman–Crippen MR) is 219 cm³/mol. The molecular formula is C42H34N13O2S+3. The van der Waals surface area contributed by atoms with Crippen molar-refractivity contribution >= 4 is 67.2 Å². The van der Waals surface area contributed by atoms with Crippen LogP contribution in [0.1, 0.15) is 0 Å². The second-order valence-corrected chi connectivity index (χ2v) is 14.1. The third kappa shape index (κ3) is 6.97. The van der Waals surface area contributed by atoms with Crippen LogP contribution in [-0.4, -0.2) is 45.2 Å². The highest BCUT2D eigenvalue weighted by Crippen LogP contribution is 2.28. The van der Waals surface area contributed by atoms with Crippen molar-refractivity contribution < 1.29 is 23.0 Å². The maximum absolute atomic E-state index is 5.91. The lowest BCUT2D eigenvalue weighted by molar-refractivity contribution is -0.619. The van der Waals surface area contributed by atoms with Crippen LogP contribution in [0.2, 0.25) is 0 Å². The Bertz CT molecular complexity index is 3190. The number of H-pyrrole nitrogens is 6. The third-order valence-corrected chi connectivity index (χ3v) is 10.3. The van der Waals surface area contributed by atoms with Gasteiger partial charge < -0.3 is 30.2 Å². The summed E-state index contributed by atoms with van der Waals surface area (Å²) in [5.74, 6) is 3.24. The number of nitrogens with zero attached hydrogens (tertiary/aromatic N) is 6. The molecule has 16 heteroatoms. The van der Waals surface area contributed by atoms with Gasteiger partial charge in [0.05, 0.1) is 30.3 Å². The zero-order valence-corrected chi connectivity index (χ0v) is 31.3. The molecule has 0 unspecified atom stereocenters. The normalized spacial score (nSPS) is 11.2. The topological polar surface area (TPSA) is 190 Å². The fourth-order valence-electron chi connectivity index (χ4n) is 6.54. The molecule has 0 aliphatic carbocycles. The highest BCUT2D eigenvalue weighted by molar-refractivity contribution is 7.99. The van der Waals surface area contributed by atoms with Crippen molar-refractivity contribution in [3.8, 4) is 23.3 Å². The van der Waals surface area contributed by atoms with E-state index in [0.29, 0.717) is 23.2 Å². The lowest BCUT2D eigenvalue weighted by Gasteiger charge is -2.03. The van der Waals surface area contributed by atoms with Crippen LogP contribution in [0.25, 0.3) is 49.7 Å². The van der Waals surface area contributed by atoms with Crippen LogP contribution in [0.4, 0.5) is 5.82 Å². The monoisotopic (exact) mass is 784 g/mol. The van der Waals surface area contributed by atoms with E-state index in [9.17, 15) is 0 Å². The second-order valence-electron chi connectivity index (χ2n) is 13.0. The molecule has 282 valence electrons. The molecule has 0 spiro atoms. The van der Waals surface area contributed by atoms with Gasteiger partial charge in [0, 0.05) is 80.9 Å². The van der Waals surface area contributed by atoms with Crippen LogP contribution in [0.15, 0.2) is 169 Å². The van der Waals surface area contributed by atoms with Gasteiger partial charge in [0.25, 0.3) is 0 Å². The largest absolute Gasteiger partial charge is 0.421 e. The Morgan fingerprint density at radius 1 is 0.483 bits per heavy atom. The van der Waals surface area contributed by atoms with Crippen molar-refractivity contribution in [2.75, 3.05) is 5.73 Å². The maximum Gasteiger partial charge on any atom is 0.353 e. The lowest BCUT2D eigenvalue weighted by Crippen LogP contribution is -2.26. The van der Waals surface area contributed by atoms with Crippen molar-refractivity contribution in [1.29, 1.82) is 0 Å². The van der Waals surface area contributed by atoms with E-state index in [-0.39, 0.29) is 0 Å². The number of aromatic nitrogens is 12.